The first-order chi connectivity index (χ1) is 6.33. The van der Waals surface area contributed by atoms with Crippen LogP contribution >= 0.6 is 20.3 Å². The summed E-state index contributed by atoms with van der Waals surface area (Å²) in [7, 11) is 9.47. The van der Waals surface area contributed by atoms with Crippen LogP contribution in [-0.2, 0) is 12.9 Å². The number of hydrogen-bond acceptors (Lipinski definition) is 4. The van der Waals surface area contributed by atoms with Gasteiger partial charge in [0.05, 0.1) is 0 Å². The number of nitrogens with one attached hydrogen (secondary N) is 2. The molecule has 0 aromatic rings. The third-order valence-corrected chi connectivity index (χ3v) is 1.12. The van der Waals surface area contributed by atoms with Gasteiger partial charge in [-0.1, -0.05) is 0 Å². The van der Waals surface area contributed by atoms with Gasteiger partial charge in [0.1, 0.15) is 0 Å². The van der Waals surface area contributed by atoms with Crippen molar-refractivity contribution in [2.75, 3.05) is 39.3 Å². The van der Waals surface area contributed by atoms with Crippen molar-refractivity contribution in [2.45, 2.75) is 0 Å². The average molecular weight is 312 g/mol. The number of halogens is 3. The summed E-state index contributed by atoms with van der Waals surface area (Å²) in [6.07, 6.45) is 0. The molecule has 92 valence electrons. The van der Waals surface area contributed by atoms with E-state index in [1.54, 1.807) is 0 Å². The quantitative estimate of drug-likeness (QED) is 0.368. The second-order valence-electron chi connectivity index (χ2n) is 2.12. The summed E-state index contributed by atoms with van der Waals surface area (Å²) in [6.45, 7) is 5.14. The molecule has 0 unspecified atom stereocenters. The molecule has 0 aromatic carbocycles. The van der Waals surface area contributed by atoms with E-state index in [1.807, 2.05) is 0 Å². The minimum absolute atomic E-state index is 0. The zero-order chi connectivity index (χ0) is 10.4. The summed E-state index contributed by atoms with van der Waals surface area (Å²) in [6, 6.07) is 0. The fraction of sp³-hybridized carbons (Fsp3) is 1.00. The molecule has 0 aliphatic carbocycles. The van der Waals surface area contributed by atoms with Crippen LogP contribution in [0, 0.1) is 0 Å². The van der Waals surface area contributed by atoms with E-state index in [-0.39, 0.29) is 12.4 Å². The van der Waals surface area contributed by atoms with Crippen molar-refractivity contribution in [2.24, 2.45) is 11.5 Å². The van der Waals surface area contributed by atoms with Crippen LogP contribution in [0.25, 0.3) is 0 Å². The van der Waals surface area contributed by atoms with Crippen molar-refractivity contribution in [3.63, 3.8) is 0 Å². The second kappa shape index (κ2) is 23.8. The fourth-order valence-corrected chi connectivity index (χ4v) is 0.631. The van der Waals surface area contributed by atoms with Crippen molar-refractivity contribution >= 4 is 20.3 Å². The van der Waals surface area contributed by atoms with Crippen molar-refractivity contribution in [3.8, 4) is 0 Å². The van der Waals surface area contributed by atoms with Crippen molar-refractivity contribution in [1.29, 1.82) is 0 Å². The minimum atomic E-state index is 0. The Kier molecular flexibility index (Phi) is 35.0. The van der Waals surface area contributed by atoms with Crippen molar-refractivity contribution in [1.82, 2.24) is 10.6 Å². The summed E-state index contributed by atoms with van der Waals surface area (Å²) >= 11 is 0.382. The molecule has 4 nitrogen and oxygen atoms in total. The molecule has 0 bridgehead atoms. The van der Waals surface area contributed by atoms with E-state index in [2.05, 4.69) is 10.6 Å². The Morgan fingerprint density at radius 3 is 1.36 bits per heavy atom. The molecule has 0 spiro atoms. The van der Waals surface area contributed by atoms with Gasteiger partial charge >= 0.3 is 33.2 Å². The van der Waals surface area contributed by atoms with Crippen molar-refractivity contribution in [3.05, 3.63) is 0 Å². The van der Waals surface area contributed by atoms with Crippen LogP contribution in [0.4, 0.5) is 0 Å². The number of hydrogen-bond donors (Lipinski definition) is 4. The fourth-order valence-electron chi connectivity index (χ4n) is 0.631. The Morgan fingerprint density at radius 2 is 1.14 bits per heavy atom. The molecule has 0 saturated heterocycles. The van der Waals surface area contributed by atoms with Gasteiger partial charge in [0.2, 0.25) is 0 Å². The summed E-state index contributed by atoms with van der Waals surface area (Å²) in [5.74, 6) is 0. The first kappa shape index (κ1) is 20.6. The zero-order valence-corrected chi connectivity index (χ0v) is 11.2. The maximum atomic E-state index is 5.27. The van der Waals surface area contributed by atoms with E-state index in [0.717, 1.165) is 26.2 Å². The molecule has 0 aliphatic rings. The van der Waals surface area contributed by atoms with Gasteiger partial charge in [0, 0.05) is 39.3 Å². The predicted octanol–water partition coefficient (Wildman–Crippen LogP) is -3.54. The maximum absolute atomic E-state index is 5.27. The molecule has 0 radical (unpaired) electrons. The third kappa shape index (κ3) is 29.2. The SMILES string of the molecule is NCCNCCNCCN.[Cl-].[Cl][Co+][Cl]. The molecular weight excluding hydrogens is 293 g/mol. The Balaban J connectivity index is -0.000000267. The van der Waals surface area contributed by atoms with Crippen LogP contribution < -0.4 is 34.5 Å². The van der Waals surface area contributed by atoms with Gasteiger partial charge in [0.15, 0.2) is 0 Å². The van der Waals surface area contributed by atoms with E-state index in [9.17, 15) is 0 Å². The van der Waals surface area contributed by atoms with Gasteiger partial charge < -0.3 is 34.5 Å². The Bertz CT molecular complexity index is 74.1. The van der Waals surface area contributed by atoms with E-state index >= 15 is 0 Å². The van der Waals surface area contributed by atoms with Gasteiger partial charge in [-0.05, 0) is 0 Å². The third-order valence-electron chi connectivity index (χ3n) is 1.12. The molecule has 0 aliphatic heterocycles. The molecule has 8 heteroatoms. The summed E-state index contributed by atoms with van der Waals surface area (Å²) < 4.78 is 0. The predicted molar refractivity (Wildman–Crippen MR) is 55.6 cm³/mol. The molecule has 0 heterocycles. The molecule has 0 atom stereocenters. The van der Waals surface area contributed by atoms with E-state index in [0.29, 0.717) is 26.0 Å². The molecule has 0 amide bonds. The number of rotatable bonds is 7. The van der Waals surface area contributed by atoms with Crippen LogP contribution in [0.2, 0.25) is 0 Å². The molecule has 14 heavy (non-hydrogen) atoms. The van der Waals surface area contributed by atoms with Crippen LogP contribution in [0.15, 0.2) is 0 Å². The zero-order valence-electron chi connectivity index (χ0n) is 7.86. The molecule has 0 fully saturated rings. The van der Waals surface area contributed by atoms with Crippen LogP contribution in [0.5, 0.6) is 0 Å². The van der Waals surface area contributed by atoms with Gasteiger partial charge in [-0.25, -0.2) is 0 Å². The van der Waals surface area contributed by atoms with E-state index < -0.39 is 0 Å². The normalized spacial score (nSPS) is 8.86. The monoisotopic (exact) mass is 310 g/mol. The number of nitrogens with two attached hydrogens (primary N) is 2. The van der Waals surface area contributed by atoms with Crippen LogP contribution in [0.1, 0.15) is 0 Å². The Labute approximate surface area is 107 Å². The first-order valence-electron chi connectivity index (χ1n) is 3.98. The van der Waals surface area contributed by atoms with E-state index in [4.69, 9.17) is 31.8 Å². The summed E-state index contributed by atoms with van der Waals surface area (Å²) in [5.41, 5.74) is 10.5. The molecule has 0 aromatic heterocycles. The summed E-state index contributed by atoms with van der Waals surface area (Å²) in [4.78, 5) is 0. The molecule has 6 N–H and O–H groups in total. The van der Waals surface area contributed by atoms with Crippen molar-refractivity contribution < 1.29 is 25.3 Å². The topological polar surface area (TPSA) is 76.1 Å². The van der Waals surface area contributed by atoms with Gasteiger partial charge in [-0.15, -0.1) is 0 Å². The molecule has 0 saturated carbocycles. The Morgan fingerprint density at radius 1 is 0.857 bits per heavy atom. The van der Waals surface area contributed by atoms with Gasteiger partial charge in [-0.3, -0.25) is 0 Å². The molecule has 0 rings (SSSR count). The second-order valence-corrected chi connectivity index (χ2v) is 3.84. The van der Waals surface area contributed by atoms with Gasteiger partial charge in [-0.2, -0.15) is 0 Å². The standard InChI is InChI=1S/C6H18N4.3ClH.Co/c7-1-3-9-5-6-10-4-2-8;;;;/h9-10H,1-8H2;3*1H;/q;;;;+3/p-3. The van der Waals surface area contributed by atoms with Crippen LogP contribution in [-0.4, -0.2) is 39.3 Å². The Hall–Kier alpha value is 1.22. The average Bonchev–Trinajstić information content (AvgIpc) is 2.13. The summed E-state index contributed by atoms with van der Waals surface area (Å²) in [5, 5.41) is 6.33. The van der Waals surface area contributed by atoms with E-state index in [1.165, 1.54) is 0 Å². The van der Waals surface area contributed by atoms with Crippen LogP contribution in [0.3, 0.4) is 0 Å². The first-order valence-corrected chi connectivity index (χ1v) is 6.85. The van der Waals surface area contributed by atoms with Gasteiger partial charge in [0.25, 0.3) is 0 Å². The molecular formula is C6H18Cl3CoN4.